The van der Waals surface area contributed by atoms with Gasteiger partial charge >= 0.3 is 0 Å². The second kappa shape index (κ2) is 7.12. The largest absolute Gasteiger partial charge is 0.360 e. The number of aromatic nitrogens is 3. The van der Waals surface area contributed by atoms with E-state index in [1.165, 1.54) is 6.92 Å². The second-order valence-corrected chi connectivity index (χ2v) is 7.98. The summed E-state index contributed by atoms with van der Waals surface area (Å²) in [4.78, 5) is 22.7. The van der Waals surface area contributed by atoms with Gasteiger partial charge in [0.25, 0.3) is 0 Å². The van der Waals surface area contributed by atoms with Gasteiger partial charge in [0.2, 0.25) is 15.9 Å². The average molecular weight is 379 g/mol. The van der Waals surface area contributed by atoms with E-state index in [0.717, 1.165) is 5.69 Å². The lowest BCUT2D eigenvalue weighted by Crippen LogP contribution is -2.51. The molecule has 0 saturated carbocycles. The third-order valence-corrected chi connectivity index (χ3v) is 5.97. The molecule has 10 heteroatoms. The Labute approximate surface area is 151 Å². The van der Waals surface area contributed by atoms with E-state index in [9.17, 15) is 13.2 Å². The average Bonchev–Trinajstić information content (AvgIpc) is 2.91. The van der Waals surface area contributed by atoms with Crippen LogP contribution in [0, 0.1) is 20.8 Å². The molecule has 0 bridgehead atoms. The van der Waals surface area contributed by atoms with Crippen molar-refractivity contribution in [3.05, 3.63) is 35.2 Å². The maximum absolute atomic E-state index is 12.7. The van der Waals surface area contributed by atoms with Gasteiger partial charge < -0.3 is 9.42 Å². The van der Waals surface area contributed by atoms with Crippen LogP contribution in [0.3, 0.4) is 0 Å². The molecular weight excluding hydrogens is 358 g/mol. The summed E-state index contributed by atoms with van der Waals surface area (Å²) >= 11 is 0. The molecule has 140 valence electrons. The molecule has 0 radical (unpaired) electrons. The first kappa shape index (κ1) is 18.5. The Bertz CT molecular complexity index is 905. The Kier molecular flexibility index (Phi) is 5.05. The van der Waals surface area contributed by atoms with Crippen molar-refractivity contribution in [1.29, 1.82) is 0 Å². The van der Waals surface area contributed by atoms with Crippen molar-refractivity contribution in [2.75, 3.05) is 6.54 Å². The molecule has 1 aliphatic rings. The molecule has 1 unspecified atom stereocenters. The first-order chi connectivity index (χ1) is 12.3. The first-order valence-corrected chi connectivity index (χ1v) is 9.79. The van der Waals surface area contributed by atoms with Crippen LogP contribution in [0.5, 0.6) is 0 Å². The van der Waals surface area contributed by atoms with Gasteiger partial charge in [0.05, 0.1) is 12.2 Å². The number of carbonyl (C=O) groups is 1. The van der Waals surface area contributed by atoms with Crippen molar-refractivity contribution >= 4 is 15.9 Å². The fourth-order valence-corrected chi connectivity index (χ4v) is 4.65. The summed E-state index contributed by atoms with van der Waals surface area (Å²) in [6.45, 7) is 5.75. The molecule has 1 aliphatic heterocycles. The number of hydrogen-bond donors (Lipinski definition) is 1. The summed E-state index contributed by atoms with van der Waals surface area (Å²) in [5, 5.41) is 3.67. The van der Waals surface area contributed by atoms with E-state index in [0.29, 0.717) is 31.8 Å². The van der Waals surface area contributed by atoms with Gasteiger partial charge in [0.15, 0.2) is 5.76 Å². The highest BCUT2D eigenvalue weighted by molar-refractivity contribution is 7.89. The topological polar surface area (TPSA) is 118 Å². The summed E-state index contributed by atoms with van der Waals surface area (Å²) in [7, 11) is -3.89. The van der Waals surface area contributed by atoms with Crippen LogP contribution in [0.4, 0.5) is 0 Å². The lowest BCUT2D eigenvalue weighted by Gasteiger charge is -2.32. The summed E-state index contributed by atoms with van der Waals surface area (Å²) in [6, 6.07) is 0.933. The molecule has 1 saturated heterocycles. The molecular formula is C16H21N5O4S. The molecule has 1 N–H and O–H groups in total. The number of rotatable bonds is 5. The van der Waals surface area contributed by atoms with Crippen molar-refractivity contribution in [3.8, 4) is 0 Å². The number of aryl methyl sites for hydroxylation is 3. The molecule has 2 aromatic rings. The van der Waals surface area contributed by atoms with E-state index in [2.05, 4.69) is 19.8 Å². The number of piperidine rings is 1. The molecule has 1 atom stereocenters. The predicted octanol–water partition coefficient (Wildman–Crippen LogP) is 0.859. The molecule has 0 aliphatic carbocycles. The number of sulfonamides is 1. The van der Waals surface area contributed by atoms with E-state index in [4.69, 9.17) is 4.52 Å². The normalized spacial score (nSPS) is 18.3. The minimum absolute atomic E-state index is 0.00570. The summed E-state index contributed by atoms with van der Waals surface area (Å²) < 4.78 is 32.7. The fourth-order valence-electron chi connectivity index (χ4n) is 3.10. The second-order valence-electron chi connectivity index (χ2n) is 6.32. The monoisotopic (exact) mass is 379 g/mol. The molecule has 0 spiro atoms. The van der Waals surface area contributed by atoms with E-state index in [1.54, 1.807) is 31.0 Å². The third-order valence-electron chi connectivity index (χ3n) is 4.25. The van der Waals surface area contributed by atoms with Crippen LogP contribution < -0.4 is 4.72 Å². The SMILES string of the molecule is Cc1nccc(CN2CCCC(NS(=O)(=O)c3c(C)noc3C)C2=O)n1. The van der Waals surface area contributed by atoms with Crippen LogP contribution in [0.2, 0.25) is 0 Å². The number of carbonyl (C=O) groups excluding carboxylic acids is 1. The minimum Gasteiger partial charge on any atom is -0.360 e. The molecule has 1 amide bonds. The summed E-state index contributed by atoms with van der Waals surface area (Å²) in [5.74, 6) is 0.567. The van der Waals surface area contributed by atoms with Crippen LogP contribution >= 0.6 is 0 Å². The van der Waals surface area contributed by atoms with Gasteiger partial charge in [-0.3, -0.25) is 4.79 Å². The molecule has 0 aromatic carbocycles. The fraction of sp³-hybridized carbons (Fsp3) is 0.500. The number of amides is 1. The Morgan fingerprint density at radius 3 is 2.77 bits per heavy atom. The lowest BCUT2D eigenvalue weighted by molar-refractivity contribution is -0.136. The third kappa shape index (κ3) is 3.75. The number of likely N-dealkylation sites (tertiary alicyclic amines) is 1. The number of nitrogens with zero attached hydrogens (tertiary/aromatic N) is 4. The van der Waals surface area contributed by atoms with Crippen molar-refractivity contribution in [2.24, 2.45) is 0 Å². The van der Waals surface area contributed by atoms with Gasteiger partial charge in [-0.2, -0.15) is 4.72 Å². The molecule has 2 aromatic heterocycles. The first-order valence-electron chi connectivity index (χ1n) is 8.30. The van der Waals surface area contributed by atoms with E-state index < -0.39 is 16.1 Å². The molecule has 1 fully saturated rings. The Balaban J connectivity index is 1.76. The van der Waals surface area contributed by atoms with Gasteiger partial charge in [-0.1, -0.05) is 5.16 Å². The van der Waals surface area contributed by atoms with Crippen molar-refractivity contribution < 1.29 is 17.7 Å². The van der Waals surface area contributed by atoms with Gasteiger partial charge in [-0.05, 0) is 39.7 Å². The highest BCUT2D eigenvalue weighted by atomic mass is 32.2. The predicted molar refractivity (Wildman–Crippen MR) is 91.5 cm³/mol. The van der Waals surface area contributed by atoms with Crippen LogP contribution in [-0.2, 0) is 21.4 Å². The van der Waals surface area contributed by atoms with Crippen LogP contribution in [0.1, 0.15) is 35.8 Å². The number of hydrogen-bond acceptors (Lipinski definition) is 7. The van der Waals surface area contributed by atoms with Crippen molar-refractivity contribution in [2.45, 2.75) is 51.1 Å². The Morgan fingerprint density at radius 2 is 2.12 bits per heavy atom. The number of nitrogens with one attached hydrogen (secondary N) is 1. The molecule has 3 rings (SSSR count). The van der Waals surface area contributed by atoms with Crippen molar-refractivity contribution in [3.63, 3.8) is 0 Å². The molecule has 3 heterocycles. The zero-order chi connectivity index (χ0) is 18.9. The standard InChI is InChI=1S/C16H21N5O4S/c1-10-15(11(2)25-19-10)26(23,24)20-14-5-4-8-21(16(14)22)9-13-6-7-17-12(3)18-13/h6-7,14,20H,4-5,8-9H2,1-3H3. The zero-order valence-corrected chi connectivity index (χ0v) is 15.7. The van der Waals surface area contributed by atoms with Crippen LogP contribution in [0.15, 0.2) is 21.7 Å². The quantitative estimate of drug-likeness (QED) is 0.818. The van der Waals surface area contributed by atoms with Gasteiger partial charge in [-0.25, -0.2) is 18.4 Å². The maximum Gasteiger partial charge on any atom is 0.246 e. The van der Waals surface area contributed by atoms with Crippen molar-refractivity contribution in [1.82, 2.24) is 24.7 Å². The Morgan fingerprint density at radius 1 is 1.35 bits per heavy atom. The van der Waals surface area contributed by atoms with Crippen LogP contribution in [0.25, 0.3) is 0 Å². The van der Waals surface area contributed by atoms with E-state index in [1.807, 2.05) is 0 Å². The van der Waals surface area contributed by atoms with Gasteiger partial charge in [0, 0.05) is 12.7 Å². The van der Waals surface area contributed by atoms with Gasteiger partial charge in [-0.15, -0.1) is 0 Å². The summed E-state index contributed by atoms with van der Waals surface area (Å²) in [5.41, 5.74) is 0.992. The zero-order valence-electron chi connectivity index (χ0n) is 14.9. The Hall–Kier alpha value is -2.33. The van der Waals surface area contributed by atoms with Gasteiger partial charge in [0.1, 0.15) is 22.5 Å². The van der Waals surface area contributed by atoms with E-state index >= 15 is 0 Å². The van der Waals surface area contributed by atoms with Crippen LogP contribution in [-0.4, -0.2) is 46.9 Å². The lowest BCUT2D eigenvalue weighted by atomic mass is 10.1. The minimum atomic E-state index is -3.89. The smallest absolute Gasteiger partial charge is 0.246 e. The molecule has 9 nitrogen and oxygen atoms in total. The highest BCUT2D eigenvalue weighted by Crippen LogP contribution is 2.21. The highest BCUT2D eigenvalue weighted by Gasteiger charge is 2.34. The maximum atomic E-state index is 12.7. The molecule has 26 heavy (non-hydrogen) atoms. The van der Waals surface area contributed by atoms with E-state index in [-0.39, 0.29) is 22.3 Å². The summed E-state index contributed by atoms with van der Waals surface area (Å²) in [6.07, 6.45) is 2.79.